The summed E-state index contributed by atoms with van der Waals surface area (Å²) in [4.78, 5) is 0. The van der Waals surface area contributed by atoms with E-state index in [1.807, 2.05) is 48.0 Å². The van der Waals surface area contributed by atoms with Gasteiger partial charge in [-0.15, -0.1) is 0 Å². The molecule has 0 bridgehead atoms. The van der Waals surface area contributed by atoms with Crippen molar-refractivity contribution in [3.05, 3.63) is 72.0 Å². The number of pyridine rings is 1. The first-order valence-electron chi connectivity index (χ1n) is 7.54. The van der Waals surface area contributed by atoms with E-state index in [0.29, 0.717) is 12.1 Å². The van der Waals surface area contributed by atoms with Crippen LogP contribution in [0.4, 0.5) is 4.39 Å². The van der Waals surface area contributed by atoms with Crippen molar-refractivity contribution in [2.45, 2.75) is 19.5 Å². The van der Waals surface area contributed by atoms with E-state index in [1.54, 1.807) is 12.3 Å². The largest absolute Gasteiger partial charge is 0.461 e. The number of hydrogen-bond acceptors (Lipinski definition) is 3. The van der Waals surface area contributed by atoms with Crippen LogP contribution >= 0.6 is 0 Å². The van der Waals surface area contributed by atoms with E-state index in [0.717, 1.165) is 22.2 Å². The molecule has 0 spiro atoms. The molecule has 0 fully saturated rings. The van der Waals surface area contributed by atoms with Gasteiger partial charge in [-0.05, 0) is 31.2 Å². The second-order valence-electron chi connectivity index (χ2n) is 5.62. The summed E-state index contributed by atoms with van der Waals surface area (Å²) in [5, 5.41) is 8.73. The van der Waals surface area contributed by atoms with Gasteiger partial charge in [0.1, 0.15) is 0 Å². The minimum Gasteiger partial charge on any atom is -0.461 e. The SMILES string of the molecule is C[C@@H](NCc1cc2ccccn2n1)c1coc2c(F)cccc12. The van der Waals surface area contributed by atoms with Gasteiger partial charge in [0.2, 0.25) is 0 Å². The summed E-state index contributed by atoms with van der Waals surface area (Å²) in [5.74, 6) is -0.332. The fraction of sp³-hybridized carbons (Fsp3) is 0.167. The molecule has 4 aromatic rings. The smallest absolute Gasteiger partial charge is 0.169 e. The summed E-state index contributed by atoms with van der Waals surface area (Å²) in [6.07, 6.45) is 3.55. The third kappa shape index (κ3) is 2.49. The standard InChI is InChI=1S/C18H16FN3O/c1-12(16-11-23-18-15(16)6-4-7-17(18)19)20-10-13-9-14-5-2-3-8-22(14)21-13/h2-9,11-12,20H,10H2,1H3/t12-/m1/s1. The Bertz CT molecular complexity index is 940. The molecule has 0 amide bonds. The lowest BCUT2D eigenvalue weighted by Gasteiger charge is -2.11. The van der Waals surface area contributed by atoms with Crippen LogP contribution in [0.1, 0.15) is 24.2 Å². The van der Waals surface area contributed by atoms with E-state index in [2.05, 4.69) is 10.4 Å². The number of rotatable bonds is 4. The quantitative estimate of drug-likeness (QED) is 0.618. The fourth-order valence-electron chi connectivity index (χ4n) is 2.82. The molecule has 5 heteroatoms. The van der Waals surface area contributed by atoms with E-state index < -0.39 is 0 Å². The molecule has 1 N–H and O–H groups in total. The minimum atomic E-state index is -0.332. The van der Waals surface area contributed by atoms with Crippen molar-refractivity contribution < 1.29 is 8.81 Å². The highest BCUT2D eigenvalue weighted by atomic mass is 19.1. The third-order valence-electron chi connectivity index (χ3n) is 4.06. The average molecular weight is 309 g/mol. The topological polar surface area (TPSA) is 42.5 Å². The van der Waals surface area contributed by atoms with Gasteiger partial charge in [-0.1, -0.05) is 18.2 Å². The maximum atomic E-state index is 13.7. The molecule has 0 unspecified atom stereocenters. The van der Waals surface area contributed by atoms with Crippen molar-refractivity contribution >= 4 is 16.5 Å². The molecule has 1 aromatic carbocycles. The number of benzene rings is 1. The fourth-order valence-corrected chi connectivity index (χ4v) is 2.82. The molecule has 3 aromatic heterocycles. The van der Waals surface area contributed by atoms with Crippen molar-refractivity contribution in [1.29, 1.82) is 0 Å². The van der Waals surface area contributed by atoms with E-state index in [4.69, 9.17) is 4.42 Å². The van der Waals surface area contributed by atoms with Gasteiger partial charge in [-0.3, -0.25) is 0 Å². The Balaban J connectivity index is 1.55. The second kappa shape index (κ2) is 5.52. The van der Waals surface area contributed by atoms with Crippen molar-refractivity contribution in [2.24, 2.45) is 0 Å². The Kier molecular flexibility index (Phi) is 3.35. The van der Waals surface area contributed by atoms with E-state index in [-0.39, 0.29) is 11.9 Å². The summed E-state index contributed by atoms with van der Waals surface area (Å²) < 4.78 is 20.9. The van der Waals surface area contributed by atoms with Crippen LogP contribution in [0, 0.1) is 5.82 Å². The van der Waals surface area contributed by atoms with Crippen molar-refractivity contribution in [2.75, 3.05) is 0 Å². The number of hydrogen-bond donors (Lipinski definition) is 1. The number of nitrogens with one attached hydrogen (secondary N) is 1. The molecule has 0 saturated carbocycles. The van der Waals surface area contributed by atoms with E-state index in [1.165, 1.54) is 6.07 Å². The van der Waals surface area contributed by atoms with Crippen molar-refractivity contribution in [3.8, 4) is 0 Å². The summed E-state index contributed by atoms with van der Waals surface area (Å²) in [5.41, 5.74) is 3.28. The summed E-state index contributed by atoms with van der Waals surface area (Å²) in [6.45, 7) is 2.66. The molecule has 0 aliphatic carbocycles. The Labute approximate surface area is 132 Å². The first kappa shape index (κ1) is 14.0. The third-order valence-corrected chi connectivity index (χ3v) is 4.06. The number of furan rings is 1. The van der Waals surface area contributed by atoms with Gasteiger partial charge in [-0.25, -0.2) is 8.91 Å². The van der Waals surface area contributed by atoms with Crippen LogP contribution in [0.2, 0.25) is 0 Å². The lowest BCUT2D eigenvalue weighted by molar-refractivity contribution is 0.537. The molecule has 0 radical (unpaired) electrons. The number of fused-ring (bicyclic) bond motifs is 2. The predicted molar refractivity (Wildman–Crippen MR) is 86.6 cm³/mol. The summed E-state index contributed by atoms with van der Waals surface area (Å²) in [6, 6.07) is 13.0. The van der Waals surface area contributed by atoms with E-state index >= 15 is 0 Å². The molecular weight excluding hydrogens is 293 g/mol. The monoisotopic (exact) mass is 309 g/mol. The molecule has 0 aliphatic rings. The first-order chi connectivity index (χ1) is 11.2. The molecule has 4 nitrogen and oxygen atoms in total. The van der Waals surface area contributed by atoms with E-state index in [9.17, 15) is 4.39 Å². The average Bonchev–Trinajstić information content (AvgIpc) is 3.17. The molecule has 0 saturated heterocycles. The molecule has 116 valence electrons. The van der Waals surface area contributed by atoms with Crippen LogP contribution in [0.25, 0.3) is 16.5 Å². The maximum Gasteiger partial charge on any atom is 0.169 e. The summed E-state index contributed by atoms with van der Waals surface area (Å²) >= 11 is 0. The number of para-hydroxylation sites is 1. The molecular formula is C18H16FN3O. The van der Waals surface area contributed by atoms with Gasteiger partial charge in [-0.2, -0.15) is 5.10 Å². The Morgan fingerprint density at radius 2 is 2.17 bits per heavy atom. The minimum absolute atomic E-state index is 0.0304. The molecule has 23 heavy (non-hydrogen) atoms. The Morgan fingerprint density at radius 1 is 1.26 bits per heavy atom. The van der Waals surface area contributed by atoms with Crippen molar-refractivity contribution in [3.63, 3.8) is 0 Å². The van der Waals surface area contributed by atoms with Gasteiger partial charge in [0.05, 0.1) is 17.5 Å². The normalized spacial score (nSPS) is 13.0. The zero-order chi connectivity index (χ0) is 15.8. The lowest BCUT2D eigenvalue weighted by Crippen LogP contribution is -2.18. The van der Waals surface area contributed by atoms with Crippen LogP contribution in [0.5, 0.6) is 0 Å². The molecule has 3 heterocycles. The van der Waals surface area contributed by atoms with Crippen molar-refractivity contribution in [1.82, 2.24) is 14.9 Å². The zero-order valence-electron chi connectivity index (χ0n) is 12.7. The van der Waals surface area contributed by atoms with Gasteiger partial charge in [0.25, 0.3) is 0 Å². The molecule has 1 atom stereocenters. The Hall–Kier alpha value is -2.66. The van der Waals surface area contributed by atoms with Crippen LogP contribution in [-0.4, -0.2) is 9.61 Å². The van der Waals surface area contributed by atoms with Gasteiger partial charge >= 0.3 is 0 Å². The van der Waals surface area contributed by atoms with Crippen LogP contribution in [0.15, 0.2) is 59.3 Å². The van der Waals surface area contributed by atoms with Crippen LogP contribution < -0.4 is 5.32 Å². The number of nitrogens with zero attached hydrogens (tertiary/aromatic N) is 2. The van der Waals surface area contributed by atoms with Crippen LogP contribution in [-0.2, 0) is 6.54 Å². The highest BCUT2D eigenvalue weighted by molar-refractivity contribution is 5.81. The number of halogens is 1. The van der Waals surface area contributed by atoms with Gasteiger partial charge < -0.3 is 9.73 Å². The number of aromatic nitrogens is 2. The highest BCUT2D eigenvalue weighted by Gasteiger charge is 2.15. The zero-order valence-corrected chi connectivity index (χ0v) is 12.7. The summed E-state index contributed by atoms with van der Waals surface area (Å²) in [7, 11) is 0. The predicted octanol–water partition coefficient (Wildman–Crippen LogP) is 4.07. The van der Waals surface area contributed by atoms with Gasteiger partial charge in [0, 0.05) is 29.7 Å². The maximum absolute atomic E-state index is 13.7. The molecule has 4 rings (SSSR count). The lowest BCUT2D eigenvalue weighted by atomic mass is 10.1. The molecule has 0 aliphatic heterocycles. The Morgan fingerprint density at radius 3 is 3.04 bits per heavy atom. The first-order valence-corrected chi connectivity index (χ1v) is 7.54. The van der Waals surface area contributed by atoms with Gasteiger partial charge in [0.15, 0.2) is 11.4 Å². The van der Waals surface area contributed by atoms with Crippen LogP contribution in [0.3, 0.4) is 0 Å². The second-order valence-corrected chi connectivity index (χ2v) is 5.62. The highest BCUT2D eigenvalue weighted by Crippen LogP contribution is 2.28.